The van der Waals surface area contributed by atoms with E-state index in [2.05, 4.69) is 0 Å². The van der Waals surface area contributed by atoms with Crippen molar-refractivity contribution in [3.05, 3.63) is 0 Å². The standard InChI is InChI=1S/C2H4O3.Fe.Na/c3-1-2(4)5;;/h3H,1H2,(H,4,5);;/q;;+1/p-1. The number of carboxylic acid groups (broad SMARTS) is 1. The predicted octanol–water partition coefficient (Wildman–Crippen LogP) is -5.27. The summed E-state index contributed by atoms with van der Waals surface area (Å²) in [6, 6.07) is 0. The van der Waals surface area contributed by atoms with Crippen molar-refractivity contribution in [1.29, 1.82) is 0 Å². The van der Waals surface area contributed by atoms with E-state index in [1.54, 1.807) is 0 Å². The molecule has 0 fully saturated rings. The number of hydrogen-bond donors (Lipinski definition) is 1. The Morgan fingerprint density at radius 1 is 1.71 bits per heavy atom. The van der Waals surface area contributed by atoms with Crippen molar-refractivity contribution >= 4 is 5.97 Å². The average molecular weight is 154 g/mol. The zero-order chi connectivity index (χ0) is 4.28. The zero-order valence-corrected chi connectivity index (χ0v) is 6.93. The number of carbonyl (C=O) groups is 1. The average Bonchev–Trinajstić information content (AvgIpc) is 1.38. The zero-order valence-electron chi connectivity index (χ0n) is 3.82. The predicted molar refractivity (Wildman–Crippen MR) is 12.1 cm³/mol. The Hall–Kier alpha value is 0.949. The van der Waals surface area contributed by atoms with E-state index in [1.165, 1.54) is 0 Å². The first-order valence-corrected chi connectivity index (χ1v) is 1.08. The first kappa shape index (κ1) is 15.7. The summed E-state index contributed by atoms with van der Waals surface area (Å²) in [5.74, 6) is -1.44. The van der Waals surface area contributed by atoms with Gasteiger partial charge in [-0.2, -0.15) is 0 Å². The van der Waals surface area contributed by atoms with Crippen LogP contribution in [-0.4, -0.2) is 17.7 Å². The van der Waals surface area contributed by atoms with Gasteiger partial charge in [0.2, 0.25) is 0 Å². The van der Waals surface area contributed by atoms with Crippen LogP contribution < -0.4 is 34.7 Å². The Bertz CT molecular complexity index is 48.2. The molecule has 0 bridgehead atoms. The quantitative estimate of drug-likeness (QED) is 0.384. The van der Waals surface area contributed by atoms with Gasteiger partial charge in [-0.25, -0.2) is 0 Å². The number of rotatable bonds is 1. The minimum Gasteiger partial charge on any atom is -0.548 e. The summed E-state index contributed by atoms with van der Waals surface area (Å²) in [6.45, 7) is -0.889. The third-order valence-electron chi connectivity index (χ3n) is 0.129. The van der Waals surface area contributed by atoms with Crippen LogP contribution in [0.3, 0.4) is 0 Å². The van der Waals surface area contributed by atoms with Gasteiger partial charge in [-0.15, -0.1) is 0 Å². The number of hydrogen-bond acceptors (Lipinski definition) is 3. The SMILES string of the molecule is O=C([O-])CO.[Fe].[Na+]. The molecule has 0 spiro atoms. The third-order valence-corrected chi connectivity index (χ3v) is 0.129. The number of aliphatic carboxylic acids is 1. The number of aliphatic hydroxyl groups is 1. The first-order valence-electron chi connectivity index (χ1n) is 1.08. The Balaban J connectivity index is -0.0000000800. The first-order chi connectivity index (χ1) is 2.27. The molecule has 0 aliphatic heterocycles. The second-order valence-corrected chi connectivity index (χ2v) is 0.530. The molecule has 0 rings (SSSR count). The van der Waals surface area contributed by atoms with Gasteiger partial charge in [0.15, 0.2) is 0 Å². The normalized spacial score (nSPS) is 5.29. The van der Waals surface area contributed by atoms with Gasteiger partial charge in [0.25, 0.3) is 0 Å². The molecule has 0 aliphatic carbocycles. The van der Waals surface area contributed by atoms with Crippen LogP contribution in [0.25, 0.3) is 0 Å². The molecule has 3 nitrogen and oxygen atoms in total. The molecule has 0 amide bonds. The Kier molecular flexibility index (Phi) is 22.5. The van der Waals surface area contributed by atoms with E-state index >= 15 is 0 Å². The van der Waals surface area contributed by atoms with Crippen LogP contribution in [0.2, 0.25) is 0 Å². The van der Waals surface area contributed by atoms with E-state index in [9.17, 15) is 0 Å². The van der Waals surface area contributed by atoms with E-state index in [0.29, 0.717) is 0 Å². The van der Waals surface area contributed by atoms with Crippen LogP contribution in [0, 0.1) is 0 Å². The summed E-state index contributed by atoms with van der Waals surface area (Å²) >= 11 is 0. The van der Waals surface area contributed by atoms with E-state index in [1.807, 2.05) is 0 Å². The second kappa shape index (κ2) is 10.0. The summed E-state index contributed by atoms with van der Waals surface area (Å²) in [7, 11) is 0. The Morgan fingerprint density at radius 2 is 1.86 bits per heavy atom. The molecule has 0 atom stereocenters. The number of carbonyl (C=O) groups excluding carboxylic acids is 1. The summed E-state index contributed by atoms with van der Waals surface area (Å²) < 4.78 is 0. The largest absolute Gasteiger partial charge is 1.00 e. The molecule has 0 heterocycles. The minimum atomic E-state index is -1.44. The van der Waals surface area contributed by atoms with E-state index in [0.717, 1.165) is 0 Å². The molecule has 7 heavy (non-hydrogen) atoms. The Labute approximate surface area is 73.9 Å². The number of carboxylic acids is 1. The summed E-state index contributed by atoms with van der Waals surface area (Å²) in [5, 5.41) is 16.5. The molecule has 1 N–H and O–H groups in total. The summed E-state index contributed by atoms with van der Waals surface area (Å²) in [5.41, 5.74) is 0. The molecule has 0 unspecified atom stereocenters. The van der Waals surface area contributed by atoms with Crippen LogP contribution in [0.4, 0.5) is 0 Å². The van der Waals surface area contributed by atoms with E-state index < -0.39 is 12.6 Å². The van der Waals surface area contributed by atoms with Crippen molar-refractivity contribution in [2.24, 2.45) is 0 Å². The number of aliphatic hydroxyl groups excluding tert-OH is 1. The van der Waals surface area contributed by atoms with Crippen molar-refractivity contribution in [1.82, 2.24) is 0 Å². The third kappa shape index (κ3) is 19.6. The summed E-state index contributed by atoms with van der Waals surface area (Å²) in [6.07, 6.45) is 0. The molecule has 0 radical (unpaired) electrons. The van der Waals surface area contributed by atoms with Gasteiger partial charge in [-0.3, -0.25) is 0 Å². The van der Waals surface area contributed by atoms with Crippen LogP contribution in [0.1, 0.15) is 0 Å². The van der Waals surface area contributed by atoms with Gasteiger partial charge in [0, 0.05) is 17.1 Å². The fraction of sp³-hybridized carbons (Fsp3) is 0.500. The van der Waals surface area contributed by atoms with Crippen molar-refractivity contribution in [3.63, 3.8) is 0 Å². The molecule has 5 heteroatoms. The minimum absolute atomic E-state index is 0. The topological polar surface area (TPSA) is 60.4 Å². The van der Waals surface area contributed by atoms with Gasteiger partial charge >= 0.3 is 29.6 Å². The molecule has 38 valence electrons. The van der Waals surface area contributed by atoms with Crippen molar-refractivity contribution in [2.45, 2.75) is 0 Å². The van der Waals surface area contributed by atoms with Crippen molar-refractivity contribution in [3.8, 4) is 0 Å². The molecule has 0 aromatic carbocycles. The van der Waals surface area contributed by atoms with Crippen molar-refractivity contribution in [2.75, 3.05) is 6.61 Å². The van der Waals surface area contributed by atoms with Gasteiger partial charge in [-0.05, 0) is 0 Å². The van der Waals surface area contributed by atoms with Crippen LogP contribution in [0.15, 0.2) is 0 Å². The van der Waals surface area contributed by atoms with Crippen LogP contribution >= 0.6 is 0 Å². The Morgan fingerprint density at radius 3 is 1.86 bits per heavy atom. The molecule has 0 aliphatic rings. The van der Waals surface area contributed by atoms with Crippen molar-refractivity contribution < 1.29 is 61.6 Å². The van der Waals surface area contributed by atoms with Crippen LogP contribution in [-0.2, 0) is 21.9 Å². The molecule has 0 saturated heterocycles. The van der Waals surface area contributed by atoms with Gasteiger partial charge in [-0.1, -0.05) is 0 Å². The smallest absolute Gasteiger partial charge is 0.548 e. The molecule has 0 aromatic rings. The maximum absolute atomic E-state index is 9.01. The summed E-state index contributed by atoms with van der Waals surface area (Å²) in [4.78, 5) is 9.01. The van der Waals surface area contributed by atoms with Gasteiger partial charge in [0.1, 0.15) is 0 Å². The van der Waals surface area contributed by atoms with E-state index in [4.69, 9.17) is 15.0 Å². The second-order valence-electron chi connectivity index (χ2n) is 0.530. The van der Waals surface area contributed by atoms with Crippen LogP contribution in [0.5, 0.6) is 0 Å². The fourth-order valence-corrected chi connectivity index (χ4v) is 0. The molecular formula is C2H3FeNaO3. The monoisotopic (exact) mass is 154 g/mol. The fourth-order valence-electron chi connectivity index (χ4n) is 0. The molecular weight excluding hydrogens is 151 g/mol. The maximum Gasteiger partial charge on any atom is 1.00 e. The van der Waals surface area contributed by atoms with Gasteiger partial charge in [0.05, 0.1) is 12.6 Å². The van der Waals surface area contributed by atoms with E-state index in [-0.39, 0.29) is 46.6 Å². The van der Waals surface area contributed by atoms with Gasteiger partial charge < -0.3 is 15.0 Å². The molecule has 0 saturated carbocycles. The molecule has 0 aromatic heterocycles. The maximum atomic E-state index is 9.01.